The summed E-state index contributed by atoms with van der Waals surface area (Å²) in [4.78, 5) is 4.00. The summed E-state index contributed by atoms with van der Waals surface area (Å²) in [5, 5.41) is 3.51. The van der Waals surface area contributed by atoms with E-state index in [0.29, 0.717) is 0 Å². The van der Waals surface area contributed by atoms with E-state index in [1.165, 1.54) is 35.7 Å². The zero-order valence-corrected chi connectivity index (χ0v) is 12.4. The van der Waals surface area contributed by atoms with Gasteiger partial charge in [0, 0.05) is 6.20 Å². The van der Waals surface area contributed by atoms with Gasteiger partial charge < -0.3 is 5.32 Å². The van der Waals surface area contributed by atoms with E-state index >= 15 is 0 Å². The van der Waals surface area contributed by atoms with Gasteiger partial charge in [-0.1, -0.05) is 25.1 Å². The Hall–Kier alpha value is -1.74. The molecule has 110 valence electrons. The molecule has 0 amide bonds. The number of hydrogen-bond acceptors (Lipinski definition) is 2. The van der Waals surface area contributed by atoms with Gasteiger partial charge in [-0.3, -0.25) is 4.98 Å². The summed E-state index contributed by atoms with van der Waals surface area (Å²) in [6.45, 7) is 3.04. The lowest BCUT2D eigenvalue weighted by Crippen LogP contribution is -2.23. The molecular weight excluding hydrogens is 263 g/mol. The van der Waals surface area contributed by atoms with Crippen molar-refractivity contribution in [2.75, 3.05) is 6.54 Å². The van der Waals surface area contributed by atoms with E-state index in [9.17, 15) is 4.39 Å². The van der Waals surface area contributed by atoms with Gasteiger partial charge in [-0.2, -0.15) is 0 Å². The lowest BCUT2D eigenvalue weighted by atomic mass is 9.96. The number of fused-ring (bicyclic) bond motifs is 1. The van der Waals surface area contributed by atoms with Crippen LogP contribution in [0.4, 0.5) is 4.39 Å². The normalized spacial score (nSPS) is 15.0. The van der Waals surface area contributed by atoms with Crippen LogP contribution >= 0.6 is 0 Å². The Morgan fingerprint density at radius 2 is 2.00 bits per heavy atom. The summed E-state index contributed by atoms with van der Waals surface area (Å²) in [5.41, 5.74) is 5.00. The molecule has 0 bridgehead atoms. The van der Waals surface area contributed by atoms with E-state index in [-0.39, 0.29) is 11.9 Å². The van der Waals surface area contributed by atoms with Crippen LogP contribution in [0, 0.1) is 5.82 Å². The quantitative estimate of drug-likeness (QED) is 0.903. The Bertz CT molecular complexity index is 624. The van der Waals surface area contributed by atoms with Crippen molar-refractivity contribution in [2.24, 2.45) is 0 Å². The molecule has 1 aliphatic carbocycles. The smallest absolute Gasteiger partial charge is 0.141 e. The lowest BCUT2D eigenvalue weighted by molar-refractivity contribution is 0.580. The van der Waals surface area contributed by atoms with Crippen LogP contribution in [0.15, 0.2) is 36.7 Å². The first-order chi connectivity index (χ1) is 10.3. The predicted molar refractivity (Wildman–Crippen MR) is 82.8 cm³/mol. The number of pyridine rings is 1. The molecule has 0 fully saturated rings. The summed E-state index contributed by atoms with van der Waals surface area (Å²) in [7, 11) is 0. The molecule has 3 heteroatoms. The van der Waals surface area contributed by atoms with Gasteiger partial charge in [-0.15, -0.1) is 0 Å². The van der Waals surface area contributed by atoms with Crippen LogP contribution in [0.1, 0.15) is 48.1 Å². The second-order valence-electron chi connectivity index (χ2n) is 5.71. The third kappa shape index (κ3) is 3.13. The van der Waals surface area contributed by atoms with Gasteiger partial charge in [0.05, 0.1) is 12.2 Å². The molecule has 2 nitrogen and oxygen atoms in total. The Morgan fingerprint density at radius 3 is 2.81 bits per heavy atom. The summed E-state index contributed by atoms with van der Waals surface area (Å²) in [6.07, 6.45) is 7.64. The largest absolute Gasteiger partial charge is 0.306 e. The summed E-state index contributed by atoms with van der Waals surface area (Å²) >= 11 is 0. The minimum atomic E-state index is -0.281. The van der Waals surface area contributed by atoms with Gasteiger partial charge in [0.25, 0.3) is 0 Å². The summed E-state index contributed by atoms with van der Waals surface area (Å²) < 4.78 is 13.5. The fraction of sp³-hybridized carbons (Fsp3) is 0.389. The van der Waals surface area contributed by atoms with E-state index in [0.717, 1.165) is 24.9 Å². The van der Waals surface area contributed by atoms with E-state index in [2.05, 4.69) is 35.4 Å². The molecule has 1 heterocycles. The third-order valence-corrected chi connectivity index (χ3v) is 4.11. The van der Waals surface area contributed by atoms with E-state index < -0.39 is 0 Å². The molecule has 1 aromatic carbocycles. The van der Waals surface area contributed by atoms with Crippen molar-refractivity contribution in [3.63, 3.8) is 0 Å². The fourth-order valence-electron chi connectivity index (χ4n) is 3.07. The Morgan fingerprint density at radius 1 is 1.14 bits per heavy atom. The first kappa shape index (κ1) is 14.2. The van der Waals surface area contributed by atoms with Crippen molar-refractivity contribution >= 4 is 0 Å². The molecule has 1 unspecified atom stereocenters. The van der Waals surface area contributed by atoms with Crippen LogP contribution in [0.3, 0.4) is 0 Å². The standard InChI is InChI=1S/C18H21FN2/c1-2-8-21-18(16-10-17(19)12-20-11-16)15-7-6-13-4-3-5-14(13)9-15/h6-7,9-12,18,21H,2-5,8H2,1H3. The van der Waals surface area contributed by atoms with Crippen molar-refractivity contribution in [3.05, 3.63) is 64.7 Å². The first-order valence-corrected chi connectivity index (χ1v) is 7.73. The fourth-order valence-corrected chi connectivity index (χ4v) is 3.07. The SMILES string of the molecule is CCCNC(c1cncc(F)c1)c1ccc2c(c1)CCC2. The average Bonchev–Trinajstić information content (AvgIpc) is 2.95. The first-order valence-electron chi connectivity index (χ1n) is 7.73. The van der Waals surface area contributed by atoms with Gasteiger partial charge >= 0.3 is 0 Å². The van der Waals surface area contributed by atoms with E-state index in [1.807, 2.05) is 0 Å². The highest BCUT2D eigenvalue weighted by atomic mass is 19.1. The Balaban J connectivity index is 1.95. The Labute approximate surface area is 125 Å². The molecule has 0 radical (unpaired) electrons. The van der Waals surface area contributed by atoms with Crippen LogP contribution in [-0.2, 0) is 12.8 Å². The number of aryl methyl sites for hydroxylation is 2. The Kier molecular flexibility index (Phi) is 4.30. The number of rotatable bonds is 5. The number of halogens is 1. The number of hydrogen-bond donors (Lipinski definition) is 1. The maximum absolute atomic E-state index is 13.5. The molecule has 1 N–H and O–H groups in total. The summed E-state index contributed by atoms with van der Waals surface area (Å²) in [5.74, 6) is -0.281. The van der Waals surface area contributed by atoms with Gasteiger partial charge in [-0.05, 0) is 60.5 Å². The topological polar surface area (TPSA) is 24.9 Å². The molecule has 1 aliphatic rings. The molecule has 0 saturated carbocycles. The van der Waals surface area contributed by atoms with E-state index in [4.69, 9.17) is 0 Å². The van der Waals surface area contributed by atoms with Gasteiger partial charge in [0.15, 0.2) is 0 Å². The molecule has 2 aromatic rings. The lowest BCUT2D eigenvalue weighted by Gasteiger charge is -2.20. The second-order valence-corrected chi connectivity index (χ2v) is 5.71. The zero-order chi connectivity index (χ0) is 14.7. The van der Waals surface area contributed by atoms with Crippen LogP contribution < -0.4 is 5.32 Å². The maximum atomic E-state index is 13.5. The van der Waals surface area contributed by atoms with Crippen molar-refractivity contribution in [3.8, 4) is 0 Å². The van der Waals surface area contributed by atoms with Gasteiger partial charge in [-0.25, -0.2) is 4.39 Å². The monoisotopic (exact) mass is 284 g/mol. The number of nitrogens with one attached hydrogen (secondary N) is 1. The second kappa shape index (κ2) is 6.35. The molecule has 0 aliphatic heterocycles. The third-order valence-electron chi connectivity index (χ3n) is 4.11. The molecule has 21 heavy (non-hydrogen) atoms. The van der Waals surface area contributed by atoms with Crippen molar-refractivity contribution in [1.82, 2.24) is 10.3 Å². The van der Waals surface area contributed by atoms with Gasteiger partial charge in [0.2, 0.25) is 0 Å². The zero-order valence-electron chi connectivity index (χ0n) is 12.4. The van der Waals surface area contributed by atoms with Crippen LogP contribution in [0.2, 0.25) is 0 Å². The van der Waals surface area contributed by atoms with Crippen molar-refractivity contribution in [2.45, 2.75) is 38.6 Å². The van der Waals surface area contributed by atoms with E-state index in [1.54, 1.807) is 12.3 Å². The van der Waals surface area contributed by atoms with Gasteiger partial charge in [0.1, 0.15) is 5.82 Å². The van der Waals surface area contributed by atoms with Crippen LogP contribution in [0.25, 0.3) is 0 Å². The average molecular weight is 284 g/mol. The number of aromatic nitrogens is 1. The maximum Gasteiger partial charge on any atom is 0.141 e. The highest BCUT2D eigenvalue weighted by Crippen LogP contribution is 2.28. The van der Waals surface area contributed by atoms with Crippen molar-refractivity contribution < 1.29 is 4.39 Å². The number of benzene rings is 1. The molecule has 0 saturated heterocycles. The van der Waals surface area contributed by atoms with Crippen LogP contribution in [0.5, 0.6) is 0 Å². The minimum absolute atomic E-state index is 0.0130. The molecular formula is C18H21FN2. The number of nitrogens with zero attached hydrogens (tertiary/aromatic N) is 1. The predicted octanol–water partition coefficient (Wildman–Crippen LogP) is 3.80. The molecule has 3 rings (SSSR count). The summed E-state index contributed by atoms with van der Waals surface area (Å²) in [6, 6.07) is 8.26. The van der Waals surface area contributed by atoms with Crippen LogP contribution in [-0.4, -0.2) is 11.5 Å². The molecule has 0 spiro atoms. The minimum Gasteiger partial charge on any atom is -0.306 e. The highest BCUT2D eigenvalue weighted by molar-refractivity contribution is 5.39. The van der Waals surface area contributed by atoms with Crippen molar-refractivity contribution in [1.29, 1.82) is 0 Å². The molecule has 1 atom stereocenters. The highest BCUT2D eigenvalue weighted by Gasteiger charge is 2.18. The molecule has 1 aromatic heterocycles.